The molecule has 0 saturated carbocycles. The molecule has 3 amide bonds. The Labute approximate surface area is 127 Å². The Hall–Kier alpha value is -2.08. The molecule has 1 aromatic carbocycles. The van der Waals surface area contributed by atoms with E-state index in [0.29, 0.717) is 35.8 Å². The monoisotopic (exact) mass is 309 g/mol. The number of anilines is 2. The molecule has 1 aromatic rings. The van der Waals surface area contributed by atoms with Crippen LogP contribution in [-0.2, 0) is 14.4 Å². The molecule has 1 atom stereocenters. The molecule has 112 valence electrons. The van der Waals surface area contributed by atoms with Crippen molar-refractivity contribution >= 4 is 40.7 Å². The van der Waals surface area contributed by atoms with Crippen LogP contribution in [0.3, 0.4) is 0 Å². The van der Waals surface area contributed by atoms with Crippen molar-refractivity contribution < 1.29 is 14.4 Å². The number of carbonyl (C=O) groups is 3. The maximum Gasteiger partial charge on any atom is 0.229 e. The van der Waals surface area contributed by atoms with Crippen molar-refractivity contribution in [3.05, 3.63) is 23.2 Å². The number of halogens is 1. The molecule has 2 rings (SSSR count). The predicted octanol–water partition coefficient (Wildman–Crippen LogP) is 1.76. The summed E-state index contributed by atoms with van der Waals surface area (Å²) in [6.45, 7) is 1.74. The van der Waals surface area contributed by atoms with Crippen LogP contribution in [0.5, 0.6) is 0 Å². The minimum absolute atomic E-state index is 0.0262. The minimum Gasteiger partial charge on any atom is -0.355 e. The molecule has 0 spiro atoms. The molecule has 1 aliphatic rings. The van der Waals surface area contributed by atoms with Crippen LogP contribution < -0.4 is 16.0 Å². The Morgan fingerprint density at radius 2 is 2.10 bits per heavy atom. The smallest absolute Gasteiger partial charge is 0.229 e. The fourth-order valence-corrected chi connectivity index (χ4v) is 2.31. The highest BCUT2D eigenvalue weighted by atomic mass is 35.5. The van der Waals surface area contributed by atoms with Gasteiger partial charge in [0.15, 0.2) is 0 Å². The van der Waals surface area contributed by atoms with Gasteiger partial charge in [0.25, 0.3) is 0 Å². The fraction of sp³-hybridized carbons (Fsp3) is 0.357. The van der Waals surface area contributed by atoms with E-state index in [1.807, 2.05) is 0 Å². The molecule has 0 radical (unpaired) electrons. The zero-order valence-electron chi connectivity index (χ0n) is 11.5. The summed E-state index contributed by atoms with van der Waals surface area (Å²) in [7, 11) is 0. The third kappa shape index (κ3) is 4.19. The van der Waals surface area contributed by atoms with Gasteiger partial charge in [-0.1, -0.05) is 11.6 Å². The van der Waals surface area contributed by atoms with Crippen LogP contribution in [0.25, 0.3) is 0 Å². The van der Waals surface area contributed by atoms with Gasteiger partial charge in [0.2, 0.25) is 17.7 Å². The van der Waals surface area contributed by atoms with Crippen LogP contribution in [0.4, 0.5) is 11.4 Å². The standard InChI is InChI=1S/C14H16ClN3O3/c1-8(19)17-12-4-3-10(6-11(12)15)18-14(21)9-2-5-13(20)16-7-9/h3-4,6,9H,2,5,7H2,1H3,(H,16,20)(H,17,19)(H,18,21). The van der Waals surface area contributed by atoms with Crippen molar-refractivity contribution in [2.45, 2.75) is 19.8 Å². The maximum atomic E-state index is 12.1. The van der Waals surface area contributed by atoms with E-state index in [9.17, 15) is 14.4 Å². The first-order valence-electron chi connectivity index (χ1n) is 6.60. The highest BCUT2D eigenvalue weighted by Gasteiger charge is 2.24. The van der Waals surface area contributed by atoms with E-state index in [1.165, 1.54) is 6.92 Å². The first-order chi connectivity index (χ1) is 9.95. The second-order valence-electron chi connectivity index (χ2n) is 4.90. The van der Waals surface area contributed by atoms with E-state index in [4.69, 9.17) is 11.6 Å². The molecule has 1 heterocycles. The van der Waals surface area contributed by atoms with Gasteiger partial charge >= 0.3 is 0 Å². The summed E-state index contributed by atoms with van der Waals surface area (Å²) in [5.74, 6) is -0.636. The van der Waals surface area contributed by atoms with Gasteiger partial charge in [-0.25, -0.2) is 0 Å². The number of amides is 3. The number of piperidine rings is 1. The third-order valence-electron chi connectivity index (χ3n) is 3.18. The molecule has 1 unspecified atom stereocenters. The molecular formula is C14H16ClN3O3. The van der Waals surface area contributed by atoms with E-state index in [1.54, 1.807) is 18.2 Å². The van der Waals surface area contributed by atoms with Crippen molar-refractivity contribution in [2.75, 3.05) is 17.2 Å². The highest BCUT2D eigenvalue weighted by molar-refractivity contribution is 6.34. The van der Waals surface area contributed by atoms with Crippen LogP contribution in [0.15, 0.2) is 18.2 Å². The van der Waals surface area contributed by atoms with Gasteiger partial charge in [-0.2, -0.15) is 0 Å². The molecule has 7 heteroatoms. The van der Waals surface area contributed by atoms with Crippen LogP contribution in [0.1, 0.15) is 19.8 Å². The average molecular weight is 310 g/mol. The summed E-state index contributed by atoms with van der Waals surface area (Å²) in [6.07, 6.45) is 0.898. The molecule has 1 fully saturated rings. The molecule has 1 aliphatic heterocycles. The zero-order valence-corrected chi connectivity index (χ0v) is 12.3. The predicted molar refractivity (Wildman–Crippen MR) is 80.1 cm³/mol. The summed E-state index contributed by atoms with van der Waals surface area (Å²) < 4.78 is 0. The van der Waals surface area contributed by atoms with Gasteiger partial charge in [0, 0.05) is 25.6 Å². The molecule has 21 heavy (non-hydrogen) atoms. The summed E-state index contributed by atoms with van der Waals surface area (Å²) in [5, 5.41) is 8.37. The Morgan fingerprint density at radius 3 is 2.67 bits per heavy atom. The van der Waals surface area contributed by atoms with E-state index < -0.39 is 0 Å². The van der Waals surface area contributed by atoms with E-state index >= 15 is 0 Å². The normalized spacial score (nSPS) is 17.8. The van der Waals surface area contributed by atoms with E-state index in [2.05, 4.69) is 16.0 Å². The zero-order chi connectivity index (χ0) is 15.4. The van der Waals surface area contributed by atoms with Gasteiger partial charge in [-0.15, -0.1) is 0 Å². The van der Waals surface area contributed by atoms with E-state index in [-0.39, 0.29) is 23.6 Å². The lowest BCUT2D eigenvalue weighted by molar-refractivity contribution is -0.126. The molecular weight excluding hydrogens is 294 g/mol. The lowest BCUT2D eigenvalue weighted by Crippen LogP contribution is -2.40. The Bertz CT molecular complexity index is 579. The van der Waals surface area contributed by atoms with Crippen LogP contribution in [0, 0.1) is 5.92 Å². The second-order valence-corrected chi connectivity index (χ2v) is 5.31. The number of nitrogens with one attached hydrogen (secondary N) is 3. The average Bonchev–Trinajstić information content (AvgIpc) is 2.42. The first kappa shape index (κ1) is 15.3. The number of hydrogen-bond donors (Lipinski definition) is 3. The van der Waals surface area contributed by atoms with Crippen LogP contribution in [-0.4, -0.2) is 24.3 Å². The van der Waals surface area contributed by atoms with Gasteiger partial charge in [-0.05, 0) is 24.6 Å². The molecule has 0 bridgehead atoms. The van der Waals surface area contributed by atoms with Gasteiger partial charge < -0.3 is 16.0 Å². The number of hydrogen-bond acceptors (Lipinski definition) is 3. The summed E-state index contributed by atoms with van der Waals surface area (Å²) in [5.41, 5.74) is 1.04. The van der Waals surface area contributed by atoms with Crippen molar-refractivity contribution in [3.8, 4) is 0 Å². The summed E-state index contributed by atoms with van der Waals surface area (Å²) >= 11 is 6.04. The Morgan fingerprint density at radius 1 is 1.33 bits per heavy atom. The van der Waals surface area contributed by atoms with Crippen molar-refractivity contribution in [1.29, 1.82) is 0 Å². The quantitative estimate of drug-likeness (QED) is 0.795. The molecule has 3 N–H and O–H groups in total. The number of carbonyl (C=O) groups excluding carboxylic acids is 3. The van der Waals surface area contributed by atoms with Gasteiger partial charge in [-0.3, -0.25) is 14.4 Å². The van der Waals surface area contributed by atoms with Crippen molar-refractivity contribution in [3.63, 3.8) is 0 Å². The second kappa shape index (κ2) is 6.58. The van der Waals surface area contributed by atoms with Gasteiger partial charge in [0.1, 0.15) is 0 Å². The molecule has 1 saturated heterocycles. The van der Waals surface area contributed by atoms with E-state index in [0.717, 1.165) is 0 Å². The summed E-state index contributed by atoms with van der Waals surface area (Å²) in [4.78, 5) is 34.1. The van der Waals surface area contributed by atoms with Crippen molar-refractivity contribution in [1.82, 2.24) is 5.32 Å². The number of benzene rings is 1. The molecule has 6 nitrogen and oxygen atoms in total. The maximum absolute atomic E-state index is 12.1. The molecule has 0 aliphatic carbocycles. The fourth-order valence-electron chi connectivity index (χ4n) is 2.08. The minimum atomic E-state index is -0.239. The SMILES string of the molecule is CC(=O)Nc1ccc(NC(=O)C2CCC(=O)NC2)cc1Cl. The summed E-state index contributed by atoms with van der Waals surface area (Å²) in [6, 6.07) is 4.87. The molecule has 0 aromatic heterocycles. The Balaban J connectivity index is 1.99. The third-order valence-corrected chi connectivity index (χ3v) is 3.50. The topological polar surface area (TPSA) is 87.3 Å². The van der Waals surface area contributed by atoms with Gasteiger partial charge in [0.05, 0.1) is 16.6 Å². The largest absolute Gasteiger partial charge is 0.355 e. The number of rotatable bonds is 3. The lowest BCUT2D eigenvalue weighted by Gasteiger charge is -2.21. The van der Waals surface area contributed by atoms with Crippen LogP contribution >= 0.6 is 11.6 Å². The first-order valence-corrected chi connectivity index (χ1v) is 6.98. The highest BCUT2D eigenvalue weighted by Crippen LogP contribution is 2.26. The van der Waals surface area contributed by atoms with Crippen LogP contribution in [0.2, 0.25) is 5.02 Å². The van der Waals surface area contributed by atoms with Crippen molar-refractivity contribution in [2.24, 2.45) is 5.92 Å². The lowest BCUT2D eigenvalue weighted by atomic mass is 9.98. The Kier molecular flexibility index (Phi) is 4.80.